The number of benzene rings is 1. The molecule has 0 radical (unpaired) electrons. The van der Waals surface area contributed by atoms with Gasteiger partial charge in [0.05, 0.1) is 11.9 Å². The number of carbonyl (C=O) groups is 2. The highest BCUT2D eigenvalue weighted by Gasteiger charge is 2.07. The first kappa shape index (κ1) is 17.8. The molecule has 0 aliphatic rings. The molecule has 1 heterocycles. The molecule has 0 fully saturated rings. The lowest BCUT2D eigenvalue weighted by Gasteiger charge is -2.07. The van der Waals surface area contributed by atoms with Crippen molar-refractivity contribution in [1.29, 1.82) is 0 Å². The maximum absolute atomic E-state index is 11.9. The van der Waals surface area contributed by atoms with Crippen molar-refractivity contribution >= 4 is 29.2 Å². The number of hydrogen-bond acceptors (Lipinski definition) is 5. The van der Waals surface area contributed by atoms with E-state index < -0.39 is 5.97 Å². The van der Waals surface area contributed by atoms with E-state index in [2.05, 4.69) is 10.4 Å². The molecule has 7 nitrogen and oxygen atoms in total. The van der Waals surface area contributed by atoms with Gasteiger partial charge in [-0.2, -0.15) is 5.10 Å². The minimum Gasteiger partial charge on any atom is -0.550 e. The van der Waals surface area contributed by atoms with Crippen molar-refractivity contribution in [3.05, 3.63) is 41.2 Å². The Kier molecular flexibility index (Phi) is 6.20. The van der Waals surface area contributed by atoms with Crippen LogP contribution in [0.4, 0.5) is 5.69 Å². The van der Waals surface area contributed by atoms with Crippen LogP contribution in [0.15, 0.2) is 30.6 Å². The molecule has 1 aromatic heterocycles. The molecule has 1 amide bonds. The van der Waals surface area contributed by atoms with Crippen LogP contribution in [0.2, 0.25) is 5.02 Å². The number of rotatable bonds is 8. The zero-order valence-electron chi connectivity index (χ0n) is 13.1. The Morgan fingerprint density at radius 3 is 2.92 bits per heavy atom. The summed E-state index contributed by atoms with van der Waals surface area (Å²) in [6, 6.07) is 5.16. The number of aromatic nitrogens is 2. The first-order valence-electron chi connectivity index (χ1n) is 7.35. The standard InChI is InChI=1S/C16H18ClN3O4/c1-11-7-13(4-5-14(11)17)24-10-15(21)19-12-8-18-20(9-12)6-2-3-16(22)23/h4-5,7-9H,2-3,6,10H2,1H3,(H,19,21)(H,22,23)/p-1. The number of ether oxygens (including phenoxy) is 1. The number of carboxylic acids is 1. The lowest BCUT2D eigenvalue weighted by atomic mass is 10.2. The third kappa shape index (κ3) is 5.58. The molecule has 0 bridgehead atoms. The molecule has 0 unspecified atom stereocenters. The van der Waals surface area contributed by atoms with E-state index in [9.17, 15) is 14.7 Å². The third-order valence-electron chi connectivity index (χ3n) is 3.18. The molecule has 0 saturated carbocycles. The van der Waals surface area contributed by atoms with E-state index in [1.807, 2.05) is 6.92 Å². The fourth-order valence-electron chi connectivity index (χ4n) is 1.99. The highest BCUT2D eigenvalue weighted by atomic mass is 35.5. The van der Waals surface area contributed by atoms with Crippen LogP contribution in [0.25, 0.3) is 0 Å². The third-order valence-corrected chi connectivity index (χ3v) is 3.61. The van der Waals surface area contributed by atoms with Crippen molar-refractivity contribution in [2.75, 3.05) is 11.9 Å². The number of aryl methyl sites for hydroxylation is 2. The minimum absolute atomic E-state index is 0.0318. The molecule has 0 aliphatic heterocycles. The number of amides is 1. The van der Waals surface area contributed by atoms with Crippen molar-refractivity contribution in [2.24, 2.45) is 0 Å². The second-order valence-corrected chi connectivity index (χ2v) is 5.62. The SMILES string of the molecule is Cc1cc(OCC(=O)Nc2cnn(CCCC(=O)[O-])c2)ccc1Cl. The summed E-state index contributed by atoms with van der Waals surface area (Å²) in [5.74, 6) is -0.854. The Bertz CT molecular complexity index is 730. The van der Waals surface area contributed by atoms with E-state index in [1.54, 1.807) is 29.1 Å². The van der Waals surface area contributed by atoms with E-state index in [0.717, 1.165) is 5.56 Å². The molecule has 1 aromatic carbocycles. The summed E-state index contributed by atoms with van der Waals surface area (Å²) < 4.78 is 6.96. The van der Waals surface area contributed by atoms with Crippen LogP contribution in [0, 0.1) is 6.92 Å². The van der Waals surface area contributed by atoms with Crippen LogP contribution in [-0.2, 0) is 16.1 Å². The van der Waals surface area contributed by atoms with Crippen LogP contribution in [0.3, 0.4) is 0 Å². The maximum Gasteiger partial charge on any atom is 0.262 e. The molecule has 24 heavy (non-hydrogen) atoms. The van der Waals surface area contributed by atoms with Crippen LogP contribution >= 0.6 is 11.6 Å². The number of aliphatic carboxylic acids is 1. The smallest absolute Gasteiger partial charge is 0.262 e. The van der Waals surface area contributed by atoms with E-state index in [4.69, 9.17) is 16.3 Å². The second-order valence-electron chi connectivity index (χ2n) is 5.22. The van der Waals surface area contributed by atoms with E-state index >= 15 is 0 Å². The highest BCUT2D eigenvalue weighted by Crippen LogP contribution is 2.21. The Morgan fingerprint density at radius 2 is 2.21 bits per heavy atom. The first-order valence-corrected chi connectivity index (χ1v) is 7.73. The Hall–Kier alpha value is -2.54. The van der Waals surface area contributed by atoms with Gasteiger partial charge in [0, 0.05) is 23.7 Å². The van der Waals surface area contributed by atoms with Gasteiger partial charge in [0.2, 0.25) is 0 Å². The van der Waals surface area contributed by atoms with E-state index in [-0.39, 0.29) is 18.9 Å². The van der Waals surface area contributed by atoms with Crippen LogP contribution in [0.5, 0.6) is 5.75 Å². The number of halogens is 1. The number of nitrogens with one attached hydrogen (secondary N) is 1. The molecule has 1 N–H and O–H groups in total. The van der Waals surface area contributed by atoms with Gasteiger partial charge in [-0.3, -0.25) is 9.48 Å². The van der Waals surface area contributed by atoms with Gasteiger partial charge in [0.1, 0.15) is 5.75 Å². The minimum atomic E-state index is -1.09. The predicted octanol–water partition coefficient (Wildman–Crippen LogP) is 1.39. The molecule has 0 atom stereocenters. The first-order chi connectivity index (χ1) is 11.4. The van der Waals surface area contributed by atoms with Crippen LogP contribution in [-0.4, -0.2) is 28.3 Å². The van der Waals surface area contributed by atoms with Crippen molar-refractivity contribution in [2.45, 2.75) is 26.3 Å². The van der Waals surface area contributed by atoms with Gasteiger partial charge >= 0.3 is 0 Å². The molecule has 128 valence electrons. The van der Waals surface area contributed by atoms with E-state index in [0.29, 0.717) is 29.4 Å². The van der Waals surface area contributed by atoms with Crippen LogP contribution < -0.4 is 15.2 Å². The van der Waals surface area contributed by atoms with Crippen molar-refractivity contribution < 1.29 is 19.4 Å². The summed E-state index contributed by atoms with van der Waals surface area (Å²) in [5, 5.41) is 17.7. The highest BCUT2D eigenvalue weighted by molar-refractivity contribution is 6.31. The lowest BCUT2D eigenvalue weighted by molar-refractivity contribution is -0.305. The van der Waals surface area contributed by atoms with Crippen LogP contribution in [0.1, 0.15) is 18.4 Å². The fraction of sp³-hybridized carbons (Fsp3) is 0.312. The second kappa shape index (κ2) is 8.35. The summed E-state index contributed by atoms with van der Waals surface area (Å²) in [4.78, 5) is 22.2. The largest absolute Gasteiger partial charge is 0.550 e. The summed E-state index contributed by atoms with van der Waals surface area (Å²) in [7, 11) is 0. The zero-order valence-corrected chi connectivity index (χ0v) is 13.9. The fourth-order valence-corrected chi connectivity index (χ4v) is 2.11. The average Bonchev–Trinajstić information content (AvgIpc) is 2.95. The summed E-state index contributed by atoms with van der Waals surface area (Å²) in [6.45, 7) is 2.14. The number of hydrogen-bond donors (Lipinski definition) is 1. The summed E-state index contributed by atoms with van der Waals surface area (Å²) in [5.41, 5.74) is 1.39. The maximum atomic E-state index is 11.9. The Balaban J connectivity index is 1.78. The summed E-state index contributed by atoms with van der Waals surface area (Å²) >= 11 is 5.93. The lowest BCUT2D eigenvalue weighted by Crippen LogP contribution is -2.22. The quantitative estimate of drug-likeness (QED) is 0.776. The predicted molar refractivity (Wildman–Crippen MR) is 86.8 cm³/mol. The topological polar surface area (TPSA) is 96.3 Å². The molecular weight excluding hydrogens is 334 g/mol. The number of carbonyl (C=O) groups excluding carboxylic acids is 2. The van der Waals surface area contributed by atoms with Gasteiger partial charge in [0.15, 0.2) is 6.61 Å². The Morgan fingerprint density at radius 1 is 1.42 bits per heavy atom. The van der Waals surface area contributed by atoms with Crippen molar-refractivity contribution in [3.63, 3.8) is 0 Å². The Labute approximate surface area is 144 Å². The summed E-state index contributed by atoms with van der Waals surface area (Å²) in [6.07, 6.45) is 3.50. The molecule has 0 spiro atoms. The normalized spacial score (nSPS) is 10.4. The van der Waals surface area contributed by atoms with Crippen molar-refractivity contribution in [1.82, 2.24) is 9.78 Å². The average molecular weight is 351 g/mol. The molecule has 2 rings (SSSR count). The van der Waals surface area contributed by atoms with Crippen molar-refractivity contribution in [3.8, 4) is 5.75 Å². The number of anilines is 1. The van der Waals surface area contributed by atoms with E-state index in [1.165, 1.54) is 6.20 Å². The van der Waals surface area contributed by atoms with Gasteiger partial charge in [-0.1, -0.05) is 11.6 Å². The van der Waals surface area contributed by atoms with Gasteiger partial charge in [-0.25, -0.2) is 0 Å². The zero-order chi connectivity index (χ0) is 17.5. The van der Waals surface area contributed by atoms with Gasteiger partial charge < -0.3 is 20.0 Å². The number of nitrogens with zero attached hydrogens (tertiary/aromatic N) is 2. The monoisotopic (exact) mass is 350 g/mol. The molecule has 2 aromatic rings. The van der Waals surface area contributed by atoms with Gasteiger partial charge in [0.25, 0.3) is 5.91 Å². The number of carboxylic acid groups (broad SMARTS) is 1. The molecule has 8 heteroatoms. The van der Waals surface area contributed by atoms with Gasteiger partial charge in [-0.15, -0.1) is 0 Å². The van der Waals surface area contributed by atoms with Gasteiger partial charge in [-0.05, 0) is 43.5 Å². The molecule has 0 aliphatic carbocycles. The molecular formula is C16H17ClN3O4-. The molecule has 0 saturated heterocycles.